The lowest BCUT2D eigenvalue weighted by Gasteiger charge is -2.13. The molecule has 2 aromatic rings. The molecule has 0 unspecified atom stereocenters. The zero-order chi connectivity index (χ0) is 23.6. The summed E-state index contributed by atoms with van der Waals surface area (Å²) in [5, 5.41) is 6.21. The first-order chi connectivity index (χ1) is 14.2. The van der Waals surface area contributed by atoms with Crippen molar-refractivity contribution >= 4 is 50.3 Å². The maximum absolute atomic E-state index is 13.8. The van der Waals surface area contributed by atoms with Gasteiger partial charge in [-0.05, 0) is 46.9 Å². The Morgan fingerprint density at radius 2 is 1.77 bits per heavy atom. The third-order valence-corrected chi connectivity index (χ3v) is 5.04. The van der Waals surface area contributed by atoms with Crippen LogP contribution in [-0.4, -0.2) is 41.7 Å². The fourth-order valence-corrected chi connectivity index (χ4v) is 2.72. The second-order valence-electron chi connectivity index (χ2n) is 5.64. The normalized spacial score (nSPS) is 11.6. The van der Waals surface area contributed by atoms with Gasteiger partial charge in [0.05, 0.1) is 10.5 Å². The van der Waals surface area contributed by atoms with Crippen molar-refractivity contribution in [1.29, 1.82) is 0 Å². The maximum Gasteiger partial charge on any atom is 0.402 e. The molecule has 31 heavy (non-hydrogen) atoms. The van der Waals surface area contributed by atoms with E-state index in [0.717, 1.165) is 18.2 Å². The monoisotopic (exact) mass is 575 g/mol. The van der Waals surface area contributed by atoms with Crippen molar-refractivity contribution < 1.29 is 50.1 Å². The topological polar surface area (TPSA) is 150 Å². The van der Waals surface area contributed by atoms with Crippen LogP contribution in [0.4, 0.5) is 18.9 Å². The van der Waals surface area contributed by atoms with E-state index in [1.54, 1.807) is 22.6 Å². The second-order valence-corrected chi connectivity index (χ2v) is 8.43. The summed E-state index contributed by atoms with van der Waals surface area (Å²) >= 11 is 1.80. The molecule has 2 aromatic carbocycles. The van der Waals surface area contributed by atoms with Crippen LogP contribution in [0.5, 0.6) is 5.75 Å². The van der Waals surface area contributed by atoms with E-state index in [9.17, 15) is 41.3 Å². The molecule has 0 spiro atoms. The number of hydrogen-bond acceptors (Lipinski definition) is 8. The van der Waals surface area contributed by atoms with Crippen LogP contribution in [0, 0.1) is 19.5 Å². The van der Waals surface area contributed by atoms with Crippen molar-refractivity contribution in [1.82, 2.24) is 0 Å². The molecule has 0 atom stereocenters. The Bertz CT molecular complexity index is 1170. The Labute approximate surface area is 185 Å². The number of carbonyl (C=O) groups excluding carboxylic acids is 2. The van der Waals surface area contributed by atoms with Gasteiger partial charge in [-0.2, -0.15) is 17.2 Å². The lowest BCUT2D eigenvalue weighted by Crippen LogP contribution is -2.34. The molecule has 0 aliphatic heterocycles. The number of halogens is 4. The van der Waals surface area contributed by atoms with Gasteiger partial charge >= 0.3 is 27.3 Å². The Balaban J connectivity index is 2.32. The molecule has 0 heterocycles. The molecule has 166 valence electrons. The Morgan fingerprint density at radius 3 is 2.35 bits per heavy atom. The van der Waals surface area contributed by atoms with Crippen LogP contribution in [-0.2, 0) is 14.9 Å². The Kier molecular flexibility index (Phi) is 7.22. The minimum Gasteiger partial charge on any atom is -0.454 e. The largest absolute Gasteiger partial charge is 0.454 e. The molecule has 1 N–H and O–H groups in total. The maximum atomic E-state index is 13.8. The summed E-state index contributed by atoms with van der Waals surface area (Å²) < 4.78 is 79.2. The van der Waals surface area contributed by atoms with Gasteiger partial charge in [0.1, 0.15) is 17.1 Å². The fraction of sp³-hybridized carbons (Fsp3) is 0.125. The lowest BCUT2D eigenvalue weighted by atomic mass is 10.1. The summed E-state index contributed by atoms with van der Waals surface area (Å²) in [7, 11) is -5.92. The molecule has 0 radical (unpaired) electrons. The molecule has 0 aliphatic rings. The minimum absolute atomic E-state index is 0.484. The molecular weight excluding hydrogens is 566 g/mol. The van der Waals surface area contributed by atoms with Gasteiger partial charge in [0.25, 0.3) is 5.69 Å². The summed E-state index contributed by atoms with van der Waals surface area (Å²) in [6.07, 6.45) is 0. The van der Waals surface area contributed by atoms with Crippen LogP contribution in [0.2, 0.25) is 0 Å². The van der Waals surface area contributed by atoms with Crippen LogP contribution >= 0.6 is 22.6 Å². The summed E-state index contributed by atoms with van der Waals surface area (Å²) in [6.45, 7) is -2.14. The van der Waals surface area contributed by atoms with E-state index in [1.807, 2.05) is 0 Å². The number of nitrogens with zero attached hydrogens (tertiary/aromatic N) is 1. The first kappa shape index (κ1) is 24.5. The standard InChI is InChI=1S/C16H9F3INO9S/c17-12-3-1-8(20)5-10(12)15(23)30-9-2-4-13(21(24)25)11(6-9)14(22)29-7-16(18,19)31(26,27)28/h1-6H,7H2,(H,26,27,28). The first-order valence-electron chi connectivity index (χ1n) is 7.70. The van der Waals surface area contributed by atoms with Crippen LogP contribution in [0.1, 0.15) is 20.7 Å². The van der Waals surface area contributed by atoms with Gasteiger partial charge < -0.3 is 9.47 Å². The zero-order valence-electron chi connectivity index (χ0n) is 14.8. The number of nitro groups is 1. The van der Waals surface area contributed by atoms with Gasteiger partial charge in [0.15, 0.2) is 6.61 Å². The van der Waals surface area contributed by atoms with E-state index in [0.29, 0.717) is 15.7 Å². The fourth-order valence-electron chi connectivity index (χ4n) is 2.02. The molecule has 0 saturated carbocycles. The SMILES string of the molecule is O=C(Oc1ccc([N+](=O)[O-])c(C(=O)OCC(F)(F)S(=O)(=O)O)c1)c1cc(I)ccc1F. The predicted octanol–water partition coefficient (Wildman–Crippen LogP) is 3.20. The van der Waals surface area contributed by atoms with Crippen molar-refractivity contribution in [2.45, 2.75) is 5.25 Å². The van der Waals surface area contributed by atoms with E-state index < -0.39 is 67.2 Å². The van der Waals surface area contributed by atoms with E-state index in [4.69, 9.17) is 9.29 Å². The Hall–Kier alpha value is -2.79. The molecule has 0 fully saturated rings. The first-order valence-corrected chi connectivity index (χ1v) is 10.2. The third-order valence-electron chi connectivity index (χ3n) is 3.49. The predicted molar refractivity (Wildman–Crippen MR) is 104 cm³/mol. The summed E-state index contributed by atoms with van der Waals surface area (Å²) in [5.74, 6) is -4.42. The second kappa shape index (κ2) is 9.15. The van der Waals surface area contributed by atoms with Crippen LogP contribution < -0.4 is 4.74 Å². The zero-order valence-corrected chi connectivity index (χ0v) is 17.7. The Morgan fingerprint density at radius 1 is 1.13 bits per heavy atom. The van der Waals surface area contributed by atoms with Crippen LogP contribution in [0.3, 0.4) is 0 Å². The van der Waals surface area contributed by atoms with Gasteiger partial charge in [-0.25, -0.2) is 14.0 Å². The molecule has 0 aliphatic carbocycles. The van der Waals surface area contributed by atoms with Crippen molar-refractivity contribution in [2.75, 3.05) is 6.61 Å². The highest BCUT2D eigenvalue weighted by Crippen LogP contribution is 2.27. The van der Waals surface area contributed by atoms with Crippen molar-refractivity contribution in [3.8, 4) is 5.75 Å². The average molecular weight is 575 g/mol. The van der Waals surface area contributed by atoms with Crippen LogP contribution in [0.15, 0.2) is 36.4 Å². The highest BCUT2D eigenvalue weighted by atomic mass is 127. The van der Waals surface area contributed by atoms with Crippen molar-refractivity contribution in [2.24, 2.45) is 0 Å². The van der Waals surface area contributed by atoms with Gasteiger partial charge in [0, 0.05) is 15.7 Å². The number of rotatable bonds is 7. The molecule has 15 heteroatoms. The molecule has 0 aromatic heterocycles. The molecule has 0 amide bonds. The van der Waals surface area contributed by atoms with E-state index in [2.05, 4.69) is 4.74 Å². The van der Waals surface area contributed by atoms with Crippen molar-refractivity contribution in [3.05, 3.63) is 67.0 Å². The lowest BCUT2D eigenvalue weighted by molar-refractivity contribution is -0.385. The highest BCUT2D eigenvalue weighted by molar-refractivity contribution is 14.1. The van der Waals surface area contributed by atoms with Gasteiger partial charge in [-0.15, -0.1) is 0 Å². The highest BCUT2D eigenvalue weighted by Gasteiger charge is 2.46. The number of hydrogen-bond donors (Lipinski definition) is 1. The molecule has 10 nitrogen and oxygen atoms in total. The quantitative estimate of drug-likeness (QED) is 0.131. The number of carbonyl (C=O) groups is 2. The van der Waals surface area contributed by atoms with Gasteiger partial charge in [-0.1, -0.05) is 0 Å². The number of esters is 2. The third kappa shape index (κ3) is 5.88. The van der Waals surface area contributed by atoms with Gasteiger partial charge in [0.2, 0.25) is 0 Å². The van der Waals surface area contributed by atoms with Crippen molar-refractivity contribution in [3.63, 3.8) is 0 Å². The summed E-state index contributed by atoms with van der Waals surface area (Å²) in [5.41, 5.74) is -2.40. The van der Waals surface area contributed by atoms with E-state index in [1.165, 1.54) is 6.07 Å². The smallest absolute Gasteiger partial charge is 0.402 e. The summed E-state index contributed by atoms with van der Waals surface area (Å²) in [6, 6.07) is 5.67. The van der Waals surface area contributed by atoms with Crippen LogP contribution in [0.25, 0.3) is 0 Å². The van der Waals surface area contributed by atoms with Gasteiger partial charge in [-0.3, -0.25) is 14.7 Å². The number of ether oxygens (including phenoxy) is 2. The number of nitro benzene ring substituents is 1. The minimum atomic E-state index is -5.92. The average Bonchev–Trinajstić information content (AvgIpc) is 2.66. The molecular formula is C16H9F3INO9S. The summed E-state index contributed by atoms with van der Waals surface area (Å²) in [4.78, 5) is 34.2. The molecule has 0 bridgehead atoms. The molecule has 2 rings (SSSR count). The van der Waals surface area contributed by atoms with E-state index in [-0.39, 0.29) is 0 Å². The number of benzene rings is 2. The molecule has 0 saturated heterocycles. The van der Waals surface area contributed by atoms with E-state index >= 15 is 0 Å². The number of alkyl halides is 2.